The predicted octanol–water partition coefficient (Wildman–Crippen LogP) is 5.06. The van der Waals surface area contributed by atoms with E-state index in [0.29, 0.717) is 28.5 Å². The highest BCUT2D eigenvalue weighted by Gasteiger charge is 2.39. The fourth-order valence-corrected chi connectivity index (χ4v) is 5.11. The van der Waals surface area contributed by atoms with Gasteiger partial charge < -0.3 is 5.32 Å². The van der Waals surface area contributed by atoms with Crippen molar-refractivity contribution in [3.05, 3.63) is 67.5 Å². The molecule has 0 spiro atoms. The molecule has 1 aliphatic heterocycles. The van der Waals surface area contributed by atoms with E-state index in [1.807, 2.05) is 23.6 Å². The van der Waals surface area contributed by atoms with Crippen LogP contribution in [0.4, 0.5) is 0 Å². The molecule has 0 unspecified atom stereocenters. The number of halogens is 2. The Morgan fingerprint density at radius 2 is 1.92 bits per heavy atom. The number of allylic oxidation sites excluding steroid dienone is 2. The summed E-state index contributed by atoms with van der Waals surface area (Å²) in [5.41, 5.74) is 2.25. The van der Waals surface area contributed by atoms with Crippen molar-refractivity contribution in [2.24, 2.45) is 0 Å². The van der Waals surface area contributed by atoms with Crippen molar-refractivity contribution in [2.45, 2.75) is 31.1 Å². The summed E-state index contributed by atoms with van der Waals surface area (Å²) >= 11 is 14.0. The molecule has 0 saturated heterocycles. The topological polar surface area (TPSA) is 46.2 Å². The molecule has 0 radical (unpaired) electrons. The molecule has 0 fully saturated rings. The number of ketones is 1. The summed E-state index contributed by atoms with van der Waals surface area (Å²) in [4.78, 5) is 26.4. The smallest absolute Gasteiger partial charge is 0.225 e. The van der Waals surface area contributed by atoms with Crippen molar-refractivity contribution < 1.29 is 9.59 Å². The molecule has 0 saturated carbocycles. The summed E-state index contributed by atoms with van der Waals surface area (Å²) in [7, 11) is 0. The van der Waals surface area contributed by atoms with Crippen LogP contribution < -0.4 is 5.32 Å². The van der Waals surface area contributed by atoms with Crippen LogP contribution in [0, 0.1) is 0 Å². The van der Waals surface area contributed by atoms with Crippen molar-refractivity contribution in [1.82, 2.24) is 5.32 Å². The molecule has 2 aromatic rings. The molecule has 1 aromatic carbocycles. The molecule has 2 atom stereocenters. The Morgan fingerprint density at radius 3 is 2.64 bits per heavy atom. The summed E-state index contributed by atoms with van der Waals surface area (Å²) in [6.07, 6.45) is 1.38. The highest BCUT2D eigenvalue weighted by atomic mass is 35.5. The molecule has 1 aromatic heterocycles. The van der Waals surface area contributed by atoms with E-state index in [1.54, 1.807) is 23.5 Å². The second-order valence-corrected chi connectivity index (χ2v) is 8.23. The van der Waals surface area contributed by atoms with Crippen LogP contribution in [0.1, 0.15) is 41.5 Å². The molecule has 1 amide bonds. The average Bonchev–Trinajstić information content (AvgIpc) is 3.08. The maximum atomic E-state index is 12.9. The molecular weight excluding hydrogens is 377 g/mol. The number of rotatable bonds is 2. The van der Waals surface area contributed by atoms with E-state index in [4.69, 9.17) is 23.2 Å². The lowest BCUT2D eigenvalue weighted by Crippen LogP contribution is -2.38. The SMILES string of the molecule is O=C1C[C@@H](c2ccc(Cl)cc2Cl)C2=C(C[C@@H](c3cccs3)CC2=O)N1. The molecule has 25 heavy (non-hydrogen) atoms. The lowest BCUT2D eigenvalue weighted by atomic mass is 9.74. The summed E-state index contributed by atoms with van der Waals surface area (Å²) < 4.78 is 0. The fraction of sp³-hybridized carbons (Fsp3) is 0.263. The van der Waals surface area contributed by atoms with Gasteiger partial charge in [0.15, 0.2) is 5.78 Å². The Labute approximate surface area is 159 Å². The summed E-state index contributed by atoms with van der Waals surface area (Å²) in [5.74, 6) is -0.152. The molecule has 2 aliphatic rings. The van der Waals surface area contributed by atoms with Crippen LogP contribution in [-0.4, -0.2) is 11.7 Å². The first-order valence-corrected chi connectivity index (χ1v) is 9.71. The maximum Gasteiger partial charge on any atom is 0.225 e. The van der Waals surface area contributed by atoms with E-state index < -0.39 is 0 Å². The zero-order valence-corrected chi connectivity index (χ0v) is 15.5. The van der Waals surface area contributed by atoms with Crippen molar-refractivity contribution in [3.8, 4) is 0 Å². The second-order valence-electron chi connectivity index (χ2n) is 6.41. The number of carbonyl (C=O) groups is 2. The quantitative estimate of drug-likeness (QED) is 0.777. The minimum atomic E-state index is -0.301. The van der Waals surface area contributed by atoms with Gasteiger partial charge in [0, 0.05) is 50.9 Å². The van der Waals surface area contributed by atoms with E-state index >= 15 is 0 Å². The minimum absolute atomic E-state index is 0.0746. The number of benzene rings is 1. The third-order valence-electron chi connectivity index (χ3n) is 4.82. The molecular formula is C19H15Cl2NO2S. The van der Waals surface area contributed by atoms with Gasteiger partial charge in [-0.1, -0.05) is 35.3 Å². The maximum absolute atomic E-state index is 12.9. The summed E-state index contributed by atoms with van der Waals surface area (Å²) in [5, 5.41) is 5.97. The first-order chi connectivity index (χ1) is 12.0. The molecule has 3 nitrogen and oxygen atoms in total. The molecule has 0 bridgehead atoms. The van der Waals surface area contributed by atoms with E-state index in [1.165, 1.54) is 4.88 Å². The largest absolute Gasteiger partial charge is 0.329 e. The van der Waals surface area contributed by atoms with E-state index in [-0.39, 0.29) is 29.9 Å². The third kappa shape index (κ3) is 3.14. The van der Waals surface area contributed by atoms with Crippen LogP contribution in [0.25, 0.3) is 0 Å². The van der Waals surface area contributed by atoms with Gasteiger partial charge in [0.1, 0.15) is 0 Å². The normalized spacial score (nSPS) is 23.4. The number of thiophene rings is 1. The molecule has 4 rings (SSSR count). The van der Waals surface area contributed by atoms with Crippen LogP contribution in [0.5, 0.6) is 0 Å². The van der Waals surface area contributed by atoms with Crippen LogP contribution in [-0.2, 0) is 9.59 Å². The fourth-order valence-electron chi connectivity index (χ4n) is 3.73. The summed E-state index contributed by atoms with van der Waals surface area (Å²) in [6, 6.07) is 9.26. The Hall–Kier alpha value is -1.62. The molecule has 1 N–H and O–H groups in total. The number of nitrogens with one attached hydrogen (secondary N) is 1. The number of hydrogen-bond acceptors (Lipinski definition) is 3. The van der Waals surface area contributed by atoms with Gasteiger partial charge in [-0.25, -0.2) is 0 Å². The summed E-state index contributed by atoms with van der Waals surface area (Å²) in [6.45, 7) is 0. The minimum Gasteiger partial charge on any atom is -0.329 e. The van der Waals surface area contributed by atoms with Crippen molar-refractivity contribution in [1.29, 1.82) is 0 Å². The van der Waals surface area contributed by atoms with Gasteiger partial charge in [-0.05, 0) is 35.6 Å². The molecule has 6 heteroatoms. The van der Waals surface area contributed by atoms with E-state index in [2.05, 4.69) is 5.32 Å². The Bertz CT molecular complexity index is 889. The zero-order chi connectivity index (χ0) is 17.6. The van der Waals surface area contributed by atoms with Gasteiger partial charge in [0.05, 0.1) is 0 Å². The number of hydrogen-bond donors (Lipinski definition) is 1. The van der Waals surface area contributed by atoms with Gasteiger partial charge in [-0.3, -0.25) is 9.59 Å². The van der Waals surface area contributed by atoms with E-state index in [0.717, 1.165) is 11.3 Å². The monoisotopic (exact) mass is 391 g/mol. The van der Waals surface area contributed by atoms with Crippen LogP contribution >= 0.6 is 34.5 Å². The standard InChI is InChI=1S/C19H15Cl2NO2S/c20-11-3-4-12(14(21)8-11)13-9-18(24)22-15-6-10(7-16(23)19(13)15)17-2-1-5-25-17/h1-5,8,10,13H,6-7,9H2,(H,22,24)/t10-,13+/m1/s1. The number of carbonyl (C=O) groups excluding carboxylic acids is 2. The van der Waals surface area contributed by atoms with Crippen molar-refractivity contribution in [2.75, 3.05) is 0 Å². The molecule has 1 aliphatic carbocycles. The third-order valence-corrected chi connectivity index (χ3v) is 6.42. The predicted molar refractivity (Wildman–Crippen MR) is 100 cm³/mol. The van der Waals surface area contributed by atoms with Gasteiger partial charge in [0.25, 0.3) is 0 Å². The second kappa shape index (κ2) is 6.60. The van der Waals surface area contributed by atoms with Crippen LogP contribution in [0.2, 0.25) is 10.0 Å². The van der Waals surface area contributed by atoms with Crippen LogP contribution in [0.15, 0.2) is 47.0 Å². The van der Waals surface area contributed by atoms with Gasteiger partial charge >= 0.3 is 0 Å². The Morgan fingerprint density at radius 1 is 1.08 bits per heavy atom. The van der Waals surface area contributed by atoms with Gasteiger partial charge in [-0.15, -0.1) is 11.3 Å². The number of amides is 1. The lowest BCUT2D eigenvalue weighted by Gasteiger charge is -2.34. The number of Topliss-reactive ketones (excluding diaryl/α,β-unsaturated/α-hetero) is 1. The average molecular weight is 392 g/mol. The van der Waals surface area contributed by atoms with E-state index in [9.17, 15) is 9.59 Å². The first kappa shape index (κ1) is 16.8. The Kier molecular flexibility index (Phi) is 4.44. The van der Waals surface area contributed by atoms with Crippen molar-refractivity contribution in [3.63, 3.8) is 0 Å². The first-order valence-electron chi connectivity index (χ1n) is 8.07. The zero-order valence-electron chi connectivity index (χ0n) is 13.2. The van der Waals surface area contributed by atoms with Crippen molar-refractivity contribution >= 4 is 46.2 Å². The van der Waals surface area contributed by atoms with Gasteiger partial charge in [0.2, 0.25) is 5.91 Å². The van der Waals surface area contributed by atoms with Crippen LogP contribution in [0.3, 0.4) is 0 Å². The highest BCUT2D eigenvalue weighted by molar-refractivity contribution is 7.10. The highest BCUT2D eigenvalue weighted by Crippen LogP contribution is 2.44. The molecule has 2 heterocycles. The Balaban J connectivity index is 1.76. The molecule has 128 valence electrons. The lowest BCUT2D eigenvalue weighted by molar-refractivity contribution is -0.122. The van der Waals surface area contributed by atoms with Gasteiger partial charge in [-0.2, -0.15) is 0 Å².